The minimum atomic E-state index is 0.769. The number of hydrogen-bond donors (Lipinski definition) is 0. The van der Waals surface area contributed by atoms with Crippen molar-refractivity contribution in [1.29, 1.82) is 0 Å². The van der Waals surface area contributed by atoms with Crippen LogP contribution in [0.25, 0.3) is 22.3 Å². The van der Waals surface area contributed by atoms with Crippen LogP contribution < -0.4 is 0 Å². The third-order valence-electron chi connectivity index (χ3n) is 4.04. The van der Waals surface area contributed by atoms with Crippen LogP contribution in [0.3, 0.4) is 0 Å². The number of hydrogen-bond acceptors (Lipinski definition) is 2. The fourth-order valence-corrected chi connectivity index (χ4v) is 2.77. The number of benzene rings is 2. The van der Waals surface area contributed by atoms with E-state index in [9.17, 15) is 0 Å². The second-order valence-electron chi connectivity index (χ2n) is 5.98. The first kappa shape index (κ1) is 16.1. The Morgan fingerprint density at radius 3 is 2.54 bits per heavy atom. The first-order chi connectivity index (χ1) is 11.7. The van der Waals surface area contributed by atoms with Gasteiger partial charge in [-0.25, -0.2) is 9.97 Å². The summed E-state index contributed by atoms with van der Waals surface area (Å²) in [7, 11) is 0. The van der Waals surface area contributed by atoms with Gasteiger partial charge in [0.2, 0.25) is 0 Å². The molecule has 0 fully saturated rings. The fourth-order valence-electron chi connectivity index (χ4n) is 2.77. The molecule has 24 heavy (non-hydrogen) atoms. The lowest BCUT2D eigenvalue weighted by molar-refractivity contribution is 1.10. The molecular formula is C22H22N2. The molecule has 0 saturated carbocycles. The molecule has 0 amide bonds. The highest BCUT2D eigenvalue weighted by molar-refractivity contribution is 5.79. The predicted molar refractivity (Wildman–Crippen MR) is 102 cm³/mol. The topological polar surface area (TPSA) is 25.8 Å². The van der Waals surface area contributed by atoms with E-state index in [1.165, 1.54) is 11.1 Å². The summed E-state index contributed by atoms with van der Waals surface area (Å²) in [5.41, 5.74) is 7.48. The monoisotopic (exact) mass is 314 g/mol. The molecule has 0 radical (unpaired) electrons. The van der Waals surface area contributed by atoms with Crippen molar-refractivity contribution in [3.05, 3.63) is 83.6 Å². The highest BCUT2D eigenvalue weighted by Gasteiger charge is 2.12. The molecule has 0 spiro atoms. The molecule has 3 aromatic rings. The Kier molecular flexibility index (Phi) is 4.85. The van der Waals surface area contributed by atoms with Crippen molar-refractivity contribution in [2.45, 2.75) is 27.2 Å². The van der Waals surface area contributed by atoms with Crippen LogP contribution in [0.1, 0.15) is 23.7 Å². The third-order valence-corrected chi connectivity index (χ3v) is 4.04. The van der Waals surface area contributed by atoms with Gasteiger partial charge in [0.25, 0.3) is 0 Å². The van der Waals surface area contributed by atoms with E-state index in [1.807, 2.05) is 19.1 Å². The maximum Gasteiger partial charge on any atom is 0.0931 e. The van der Waals surface area contributed by atoms with Gasteiger partial charge in [-0.1, -0.05) is 54.6 Å². The summed E-state index contributed by atoms with van der Waals surface area (Å²) in [5, 5.41) is 0. The summed E-state index contributed by atoms with van der Waals surface area (Å²) in [6, 6.07) is 14.6. The molecule has 0 saturated heterocycles. The van der Waals surface area contributed by atoms with Gasteiger partial charge in [0.05, 0.1) is 22.4 Å². The zero-order valence-electron chi connectivity index (χ0n) is 14.5. The highest BCUT2D eigenvalue weighted by atomic mass is 14.8. The van der Waals surface area contributed by atoms with Crippen molar-refractivity contribution in [3.8, 4) is 11.3 Å². The second kappa shape index (κ2) is 7.22. The van der Waals surface area contributed by atoms with E-state index in [4.69, 9.17) is 9.97 Å². The second-order valence-corrected chi connectivity index (χ2v) is 5.98. The van der Waals surface area contributed by atoms with Crippen LogP contribution in [0.2, 0.25) is 0 Å². The summed E-state index contributed by atoms with van der Waals surface area (Å²) in [4.78, 5) is 9.85. The Morgan fingerprint density at radius 2 is 1.75 bits per heavy atom. The lowest BCUT2D eigenvalue weighted by Gasteiger charge is -2.11. The average molecular weight is 314 g/mol. The largest absolute Gasteiger partial charge is 0.249 e. The molecule has 120 valence electrons. The zero-order chi connectivity index (χ0) is 16.9. The number of aromatic nitrogens is 2. The van der Waals surface area contributed by atoms with Crippen molar-refractivity contribution in [3.63, 3.8) is 0 Å². The number of nitrogens with zero attached hydrogens (tertiary/aromatic N) is 2. The molecule has 0 unspecified atom stereocenters. The standard InChI is InChI=1S/C22H22N2/c1-4-5-6-7-12-20-22(18-11-9-8-10-17(18)3)24-19-14-13-16(2)15-21(19)23-20/h4-11,13-15H,12H2,1-3H3/b5-4-,7-6-. The fraction of sp³-hybridized carbons (Fsp3) is 0.182. The number of rotatable bonds is 4. The summed E-state index contributed by atoms with van der Waals surface area (Å²) < 4.78 is 0. The van der Waals surface area contributed by atoms with Gasteiger partial charge < -0.3 is 0 Å². The minimum Gasteiger partial charge on any atom is -0.249 e. The molecule has 0 N–H and O–H groups in total. The van der Waals surface area contributed by atoms with Crippen molar-refractivity contribution in [1.82, 2.24) is 9.97 Å². The van der Waals surface area contributed by atoms with E-state index in [0.29, 0.717) is 0 Å². The van der Waals surface area contributed by atoms with Gasteiger partial charge in [-0.3, -0.25) is 0 Å². The molecule has 0 aliphatic heterocycles. The van der Waals surface area contributed by atoms with E-state index >= 15 is 0 Å². The smallest absolute Gasteiger partial charge is 0.0931 e. The van der Waals surface area contributed by atoms with Crippen LogP contribution in [0.5, 0.6) is 0 Å². The Hall–Kier alpha value is -2.74. The van der Waals surface area contributed by atoms with Crippen LogP contribution in [-0.4, -0.2) is 9.97 Å². The Bertz CT molecular complexity index is 920. The van der Waals surface area contributed by atoms with Gasteiger partial charge >= 0.3 is 0 Å². The first-order valence-corrected chi connectivity index (χ1v) is 8.30. The summed E-state index contributed by atoms with van der Waals surface area (Å²) in [6.45, 7) is 6.22. The first-order valence-electron chi connectivity index (χ1n) is 8.30. The number of allylic oxidation sites excluding steroid dienone is 4. The summed E-state index contributed by atoms with van der Waals surface area (Å²) in [5.74, 6) is 0. The van der Waals surface area contributed by atoms with Gasteiger partial charge in [0.15, 0.2) is 0 Å². The molecule has 0 aliphatic rings. The molecular weight excluding hydrogens is 292 g/mol. The molecule has 0 atom stereocenters. The molecule has 2 nitrogen and oxygen atoms in total. The summed E-state index contributed by atoms with van der Waals surface area (Å²) in [6.07, 6.45) is 9.02. The molecule has 1 heterocycles. The van der Waals surface area contributed by atoms with Crippen LogP contribution in [0.15, 0.2) is 66.8 Å². The highest BCUT2D eigenvalue weighted by Crippen LogP contribution is 2.27. The van der Waals surface area contributed by atoms with E-state index in [-0.39, 0.29) is 0 Å². The van der Waals surface area contributed by atoms with Crippen molar-refractivity contribution in [2.24, 2.45) is 0 Å². The molecule has 2 heteroatoms. The van der Waals surface area contributed by atoms with Gasteiger partial charge in [-0.05, 0) is 44.0 Å². The minimum absolute atomic E-state index is 0.769. The lowest BCUT2D eigenvalue weighted by Crippen LogP contribution is -1.99. The normalized spacial score (nSPS) is 11.8. The third kappa shape index (κ3) is 3.43. The van der Waals surface area contributed by atoms with Crippen molar-refractivity contribution >= 4 is 11.0 Å². The van der Waals surface area contributed by atoms with Gasteiger partial charge in [-0.2, -0.15) is 0 Å². The van der Waals surface area contributed by atoms with Gasteiger partial charge in [0, 0.05) is 12.0 Å². The molecule has 3 rings (SSSR count). The number of aryl methyl sites for hydroxylation is 2. The molecule has 2 aromatic carbocycles. The van der Waals surface area contributed by atoms with E-state index in [2.05, 4.69) is 68.5 Å². The quantitative estimate of drug-likeness (QED) is 0.587. The van der Waals surface area contributed by atoms with Crippen molar-refractivity contribution < 1.29 is 0 Å². The zero-order valence-corrected chi connectivity index (χ0v) is 14.5. The maximum atomic E-state index is 4.93. The van der Waals surface area contributed by atoms with E-state index < -0.39 is 0 Å². The number of fused-ring (bicyclic) bond motifs is 1. The van der Waals surface area contributed by atoms with E-state index in [1.54, 1.807) is 0 Å². The molecule has 0 bridgehead atoms. The van der Waals surface area contributed by atoms with Crippen molar-refractivity contribution in [2.75, 3.05) is 0 Å². The Labute approximate surface area is 143 Å². The maximum absolute atomic E-state index is 4.93. The van der Waals surface area contributed by atoms with Crippen LogP contribution >= 0.6 is 0 Å². The van der Waals surface area contributed by atoms with E-state index in [0.717, 1.165) is 34.4 Å². The molecule has 0 aliphatic carbocycles. The Morgan fingerprint density at radius 1 is 0.917 bits per heavy atom. The van der Waals surface area contributed by atoms with Crippen LogP contribution in [-0.2, 0) is 6.42 Å². The van der Waals surface area contributed by atoms with Gasteiger partial charge in [0.1, 0.15) is 0 Å². The average Bonchev–Trinajstić information content (AvgIpc) is 2.58. The molecule has 1 aromatic heterocycles. The van der Waals surface area contributed by atoms with Gasteiger partial charge in [-0.15, -0.1) is 0 Å². The Balaban J connectivity index is 2.17. The van der Waals surface area contributed by atoms with Crippen LogP contribution in [0, 0.1) is 13.8 Å². The lowest BCUT2D eigenvalue weighted by atomic mass is 10.0. The summed E-state index contributed by atoms with van der Waals surface area (Å²) >= 11 is 0. The predicted octanol–water partition coefficient (Wildman–Crippen LogP) is 5.59. The van der Waals surface area contributed by atoms with Crippen LogP contribution in [0.4, 0.5) is 0 Å². The SMILES string of the molecule is C/C=C\C=C/Cc1nc2cc(C)ccc2nc1-c1ccccc1C.